The van der Waals surface area contributed by atoms with Crippen LogP contribution < -0.4 is 15.6 Å². The van der Waals surface area contributed by atoms with E-state index >= 15 is 0 Å². The van der Waals surface area contributed by atoms with Gasteiger partial charge in [-0.05, 0) is 50.3 Å². The highest BCUT2D eigenvalue weighted by molar-refractivity contribution is 5.91. The third-order valence-corrected chi connectivity index (χ3v) is 5.82. The van der Waals surface area contributed by atoms with Crippen LogP contribution in [0.4, 0.5) is 5.82 Å². The van der Waals surface area contributed by atoms with Crippen molar-refractivity contribution in [2.24, 2.45) is 7.05 Å². The van der Waals surface area contributed by atoms with Crippen LogP contribution in [0.3, 0.4) is 0 Å². The molecule has 0 bridgehead atoms. The first-order valence-corrected chi connectivity index (χ1v) is 11.1. The lowest BCUT2D eigenvalue weighted by atomic mass is 9.99. The van der Waals surface area contributed by atoms with Crippen molar-refractivity contribution in [2.45, 2.75) is 25.6 Å². The Hall–Kier alpha value is -3.64. The maximum atomic E-state index is 12.5. The third-order valence-electron chi connectivity index (χ3n) is 5.82. The van der Waals surface area contributed by atoms with Gasteiger partial charge in [0.1, 0.15) is 12.4 Å². The molecule has 33 heavy (non-hydrogen) atoms. The fourth-order valence-corrected chi connectivity index (χ4v) is 4.24. The zero-order valence-electron chi connectivity index (χ0n) is 19.5. The summed E-state index contributed by atoms with van der Waals surface area (Å²) in [6.45, 7) is 2.67. The molecule has 0 unspecified atom stereocenters. The van der Waals surface area contributed by atoms with Gasteiger partial charge < -0.3 is 15.0 Å². The van der Waals surface area contributed by atoms with E-state index in [0.717, 1.165) is 16.7 Å². The van der Waals surface area contributed by atoms with Crippen molar-refractivity contribution < 1.29 is 4.74 Å². The first-order valence-electron chi connectivity index (χ1n) is 11.1. The minimum Gasteiger partial charge on any atom is -0.489 e. The summed E-state index contributed by atoms with van der Waals surface area (Å²) in [5.41, 5.74) is 2.21. The van der Waals surface area contributed by atoms with E-state index in [2.05, 4.69) is 60.6 Å². The summed E-state index contributed by atoms with van der Waals surface area (Å²) in [4.78, 5) is 14.6. The molecule has 0 saturated carbocycles. The number of rotatable bonds is 8. The van der Waals surface area contributed by atoms with Crippen molar-refractivity contribution in [2.75, 3.05) is 19.4 Å². The van der Waals surface area contributed by atoms with Crippen LogP contribution in [0.25, 0.3) is 10.8 Å². The molecule has 0 spiro atoms. The molecule has 1 N–H and O–H groups in total. The summed E-state index contributed by atoms with van der Waals surface area (Å²) in [6.07, 6.45) is 0. The van der Waals surface area contributed by atoms with Gasteiger partial charge in [-0.3, -0.25) is 4.79 Å². The van der Waals surface area contributed by atoms with Crippen molar-refractivity contribution in [1.82, 2.24) is 14.7 Å². The van der Waals surface area contributed by atoms with Gasteiger partial charge in [-0.25, -0.2) is 4.68 Å². The second kappa shape index (κ2) is 9.88. The van der Waals surface area contributed by atoms with Gasteiger partial charge in [0.05, 0.1) is 11.4 Å². The van der Waals surface area contributed by atoms with Crippen LogP contribution in [0.1, 0.15) is 24.1 Å². The summed E-state index contributed by atoms with van der Waals surface area (Å²) < 4.78 is 7.33. The standard InChI is InChI=1S/C27H30N4O2/c1-19(28-26-23-12-8-9-13-24(23)27(32)31(4)29-26)25(30(2)3)21-14-16-22(17-15-21)33-18-20-10-6-5-7-11-20/h5-17,19,25H,18H2,1-4H3,(H,28,29)/t19-,25+/m0/s1. The molecule has 4 rings (SSSR count). The van der Waals surface area contributed by atoms with Gasteiger partial charge in [-0.15, -0.1) is 0 Å². The Morgan fingerprint density at radius 2 is 1.58 bits per heavy atom. The van der Waals surface area contributed by atoms with Gasteiger partial charge in [0, 0.05) is 18.5 Å². The normalized spacial score (nSPS) is 13.1. The van der Waals surface area contributed by atoms with E-state index < -0.39 is 0 Å². The monoisotopic (exact) mass is 442 g/mol. The quantitative estimate of drug-likeness (QED) is 0.432. The highest BCUT2D eigenvalue weighted by atomic mass is 16.5. The van der Waals surface area contributed by atoms with E-state index in [1.807, 2.05) is 54.6 Å². The van der Waals surface area contributed by atoms with E-state index in [0.29, 0.717) is 17.8 Å². The maximum Gasteiger partial charge on any atom is 0.274 e. The van der Waals surface area contributed by atoms with Crippen molar-refractivity contribution in [3.05, 3.63) is 100 Å². The summed E-state index contributed by atoms with van der Waals surface area (Å²) >= 11 is 0. The van der Waals surface area contributed by atoms with E-state index in [9.17, 15) is 4.79 Å². The Morgan fingerprint density at radius 3 is 2.24 bits per heavy atom. The van der Waals surface area contributed by atoms with E-state index in [4.69, 9.17) is 4.74 Å². The van der Waals surface area contributed by atoms with Crippen molar-refractivity contribution in [3.8, 4) is 5.75 Å². The number of benzene rings is 3. The number of likely N-dealkylation sites (N-methyl/N-ethyl adjacent to an activating group) is 1. The Morgan fingerprint density at radius 1 is 0.939 bits per heavy atom. The molecule has 2 atom stereocenters. The van der Waals surface area contributed by atoms with Crippen molar-refractivity contribution in [1.29, 1.82) is 0 Å². The molecule has 1 aromatic heterocycles. The summed E-state index contributed by atoms with van der Waals surface area (Å²) in [6, 6.07) is 26.1. The van der Waals surface area contributed by atoms with Gasteiger partial charge in [0.15, 0.2) is 5.82 Å². The lowest BCUT2D eigenvalue weighted by molar-refractivity contribution is 0.274. The number of nitrogens with one attached hydrogen (secondary N) is 1. The van der Waals surface area contributed by atoms with Crippen molar-refractivity contribution in [3.63, 3.8) is 0 Å². The fraction of sp³-hybridized carbons (Fsp3) is 0.259. The molecule has 0 aliphatic rings. The zero-order valence-corrected chi connectivity index (χ0v) is 19.5. The summed E-state index contributed by atoms with van der Waals surface area (Å²) in [7, 11) is 5.81. The molecule has 0 radical (unpaired) electrons. The van der Waals surface area contributed by atoms with Crippen LogP contribution in [0, 0.1) is 0 Å². The Kier molecular flexibility index (Phi) is 6.75. The number of hydrogen-bond donors (Lipinski definition) is 1. The molecule has 0 aliphatic heterocycles. The molecule has 6 heteroatoms. The number of aromatic nitrogens is 2. The molecule has 4 aromatic rings. The van der Waals surface area contributed by atoms with E-state index in [1.165, 1.54) is 10.2 Å². The first-order chi connectivity index (χ1) is 15.9. The molecule has 0 fully saturated rings. The van der Waals surface area contributed by atoms with Crippen LogP contribution in [-0.2, 0) is 13.7 Å². The fourth-order valence-electron chi connectivity index (χ4n) is 4.24. The average Bonchev–Trinajstić information content (AvgIpc) is 2.82. The molecule has 3 aromatic carbocycles. The minimum atomic E-state index is -0.0981. The summed E-state index contributed by atoms with van der Waals surface area (Å²) in [5, 5.41) is 9.54. The second-order valence-electron chi connectivity index (χ2n) is 8.51. The molecule has 170 valence electrons. The number of aryl methyl sites for hydroxylation is 1. The molecule has 0 saturated heterocycles. The molecular weight excluding hydrogens is 412 g/mol. The van der Waals surface area contributed by atoms with Gasteiger partial charge in [-0.1, -0.05) is 60.7 Å². The minimum absolute atomic E-state index is 0.0319. The Bertz CT molecular complexity index is 1270. The largest absolute Gasteiger partial charge is 0.489 e. The molecule has 0 amide bonds. The van der Waals surface area contributed by atoms with Gasteiger partial charge >= 0.3 is 0 Å². The van der Waals surface area contributed by atoms with E-state index in [1.54, 1.807) is 7.05 Å². The summed E-state index contributed by atoms with van der Waals surface area (Å²) in [5.74, 6) is 1.54. The number of hydrogen-bond acceptors (Lipinski definition) is 5. The Labute approximate surface area is 194 Å². The highest BCUT2D eigenvalue weighted by Gasteiger charge is 2.23. The Balaban J connectivity index is 1.53. The van der Waals surface area contributed by atoms with Gasteiger partial charge in [0.2, 0.25) is 0 Å². The third kappa shape index (κ3) is 5.07. The smallest absolute Gasteiger partial charge is 0.274 e. The van der Waals surface area contributed by atoms with E-state index in [-0.39, 0.29) is 17.6 Å². The van der Waals surface area contributed by atoms with Crippen molar-refractivity contribution >= 4 is 16.6 Å². The lowest BCUT2D eigenvalue weighted by Crippen LogP contribution is -2.35. The lowest BCUT2D eigenvalue weighted by Gasteiger charge is -2.32. The predicted molar refractivity (Wildman–Crippen MR) is 134 cm³/mol. The molecule has 1 heterocycles. The first kappa shape index (κ1) is 22.6. The second-order valence-corrected chi connectivity index (χ2v) is 8.51. The topological polar surface area (TPSA) is 59.4 Å². The number of anilines is 1. The maximum absolute atomic E-state index is 12.5. The predicted octanol–water partition coefficient (Wildman–Crippen LogP) is 4.62. The number of nitrogens with zero attached hydrogens (tertiary/aromatic N) is 3. The molecule has 6 nitrogen and oxygen atoms in total. The SMILES string of the molecule is C[C@H](Nc1nn(C)c(=O)c2ccccc12)[C@H](c1ccc(OCc2ccccc2)cc1)N(C)C. The van der Waals surface area contributed by atoms with Crippen LogP contribution in [0.5, 0.6) is 5.75 Å². The highest BCUT2D eigenvalue weighted by Crippen LogP contribution is 2.28. The van der Waals surface area contributed by atoms with Crippen LogP contribution >= 0.6 is 0 Å². The molecular formula is C27H30N4O2. The average molecular weight is 443 g/mol. The number of fused-ring (bicyclic) bond motifs is 1. The van der Waals surface area contributed by atoms with Crippen LogP contribution in [-0.4, -0.2) is 34.8 Å². The van der Waals surface area contributed by atoms with Gasteiger partial charge in [-0.2, -0.15) is 5.10 Å². The van der Waals surface area contributed by atoms with Crippen LogP contribution in [0.2, 0.25) is 0 Å². The zero-order chi connectivity index (χ0) is 23.4. The van der Waals surface area contributed by atoms with Gasteiger partial charge in [0.25, 0.3) is 5.56 Å². The molecule has 0 aliphatic carbocycles. The number of ether oxygens (including phenoxy) is 1. The van der Waals surface area contributed by atoms with Crippen LogP contribution in [0.15, 0.2) is 83.7 Å².